The van der Waals surface area contributed by atoms with Crippen LogP contribution in [-0.2, 0) is 14.2 Å². The van der Waals surface area contributed by atoms with Crippen molar-refractivity contribution in [1.29, 1.82) is 0 Å². The number of amides is 1. The summed E-state index contributed by atoms with van der Waals surface area (Å²) in [5, 5.41) is 9.02. The highest BCUT2D eigenvalue weighted by atomic mass is 16.7. The number of rotatable bonds is 5. The number of hydrogen-bond acceptors (Lipinski definition) is 4. The molecule has 104 valence electrons. The van der Waals surface area contributed by atoms with Crippen LogP contribution in [0.4, 0.5) is 4.79 Å². The van der Waals surface area contributed by atoms with Gasteiger partial charge in [0.2, 0.25) is 0 Å². The van der Waals surface area contributed by atoms with Gasteiger partial charge in [0.05, 0.1) is 13.2 Å². The normalized spacial score (nSPS) is 22.8. The van der Waals surface area contributed by atoms with Gasteiger partial charge in [0, 0.05) is 27.2 Å². The van der Waals surface area contributed by atoms with Crippen LogP contribution in [0.3, 0.4) is 0 Å². The SMILES string of the molecule is C=C(C)COC1CN(C(=O)O)CCC1(OC)OC. The van der Waals surface area contributed by atoms with Crippen LogP contribution in [0.25, 0.3) is 0 Å². The van der Waals surface area contributed by atoms with Gasteiger partial charge in [-0.25, -0.2) is 4.79 Å². The molecular weight excluding hydrogens is 238 g/mol. The molecule has 18 heavy (non-hydrogen) atoms. The maximum absolute atomic E-state index is 11.0. The number of carboxylic acid groups (broad SMARTS) is 1. The van der Waals surface area contributed by atoms with Gasteiger partial charge in [0.15, 0.2) is 5.79 Å². The molecular formula is C12H21NO5. The second-order valence-corrected chi connectivity index (χ2v) is 4.46. The van der Waals surface area contributed by atoms with Gasteiger partial charge in [-0.05, 0) is 6.92 Å². The second kappa shape index (κ2) is 6.17. The Labute approximate surface area is 107 Å². The zero-order valence-corrected chi connectivity index (χ0v) is 11.1. The molecule has 1 aliphatic heterocycles. The largest absolute Gasteiger partial charge is 0.465 e. The first-order valence-electron chi connectivity index (χ1n) is 5.79. The third-order valence-electron chi connectivity index (χ3n) is 3.10. The highest BCUT2D eigenvalue weighted by Gasteiger charge is 2.46. The lowest BCUT2D eigenvalue weighted by molar-refractivity contribution is -0.284. The van der Waals surface area contributed by atoms with Crippen molar-refractivity contribution in [2.75, 3.05) is 33.9 Å². The lowest BCUT2D eigenvalue weighted by Crippen LogP contribution is -2.59. The first-order chi connectivity index (χ1) is 8.45. The van der Waals surface area contributed by atoms with E-state index in [1.165, 1.54) is 19.1 Å². The van der Waals surface area contributed by atoms with E-state index in [4.69, 9.17) is 19.3 Å². The maximum Gasteiger partial charge on any atom is 0.407 e. The molecule has 1 atom stereocenters. The molecule has 0 spiro atoms. The molecule has 6 nitrogen and oxygen atoms in total. The minimum Gasteiger partial charge on any atom is -0.465 e. The zero-order chi connectivity index (χ0) is 13.8. The summed E-state index contributed by atoms with van der Waals surface area (Å²) in [5.41, 5.74) is 0.864. The Kier molecular flexibility index (Phi) is 5.13. The molecule has 1 amide bonds. The van der Waals surface area contributed by atoms with E-state index in [1.54, 1.807) is 0 Å². The molecule has 0 aromatic carbocycles. The zero-order valence-electron chi connectivity index (χ0n) is 11.1. The average Bonchev–Trinajstić information content (AvgIpc) is 2.35. The Hall–Kier alpha value is -1.11. The lowest BCUT2D eigenvalue weighted by atomic mass is 10.00. The van der Waals surface area contributed by atoms with Gasteiger partial charge < -0.3 is 24.2 Å². The molecule has 6 heteroatoms. The van der Waals surface area contributed by atoms with Gasteiger partial charge in [0.1, 0.15) is 6.10 Å². The monoisotopic (exact) mass is 259 g/mol. The molecule has 1 N–H and O–H groups in total. The first kappa shape index (κ1) is 14.9. The van der Waals surface area contributed by atoms with Crippen LogP contribution in [0.2, 0.25) is 0 Å². The summed E-state index contributed by atoms with van der Waals surface area (Å²) in [6, 6.07) is 0. The Balaban J connectivity index is 2.78. The van der Waals surface area contributed by atoms with Crippen molar-refractivity contribution in [3.05, 3.63) is 12.2 Å². The van der Waals surface area contributed by atoms with Crippen molar-refractivity contribution >= 4 is 6.09 Å². The van der Waals surface area contributed by atoms with E-state index in [0.717, 1.165) is 5.57 Å². The van der Waals surface area contributed by atoms with Crippen molar-refractivity contribution < 1.29 is 24.1 Å². The van der Waals surface area contributed by atoms with Crippen molar-refractivity contribution in [3.8, 4) is 0 Å². The molecule has 1 saturated heterocycles. The molecule has 0 saturated carbocycles. The van der Waals surface area contributed by atoms with Crippen LogP contribution in [0.15, 0.2) is 12.2 Å². The van der Waals surface area contributed by atoms with Crippen LogP contribution in [0.5, 0.6) is 0 Å². The lowest BCUT2D eigenvalue weighted by Gasteiger charge is -2.44. The number of hydrogen-bond donors (Lipinski definition) is 1. The summed E-state index contributed by atoms with van der Waals surface area (Å²) in [5.74, 6) is -0.887. The summed E-state index contributed by atoms with van der Waals surface area (Å²) in [4.78, 5) is 12.3. The van der Waals surface area contributed by atoms with Crippen LogP contribution in [-0.4, -0.2) is 61.9 Å². The number of likely N-dealkylation sites (tertiary alicyclic amines) is 1. The fraction of sp³-hybridized carbons (Fsp3) is 0.750. The van der Waals surface area contributed by atoms with Gasteiger partial charge in [-0.15, -0.1) is 0 Å². The summed E-state index contributed by atoms with van der Waals surface area (Å²) in [6.07, 6.45) is -0.985. The van der Waals surface area contributed by atoms with E-state index in [0.29, 0.717) is 19.6 Å². The van der Waals surface area contributed by atoms with Crippen LogP contribution >= 0.6 is 0 Å². The van der Waals surface area contributed by atoms with Gasteiger partial charge in [-0.1, -0.05) is 12.2 Å². The van der Waals surface area contributed by atoms with E-state index in [-0.39, 0.29) is 6.54 Å². The topological polar surface area (TPSA) is 68.2 Å². The number of ether oxygens (including phenoxy) is 3. The number of methoxy groups -OCH3 is 2. The maximum atomic E-state index is 11.0. The molecule has 1 heterocycles. The number of carbonyl (C=O) groups is 1. The Morgan fingerprint density at radius 3 is 2.56 bits per heavy atom. The molecule has 1 aliphatic rings. The molecule has 0 radical (unpaired) electrons. The molecule has 0 aromatic rings. The number of nitrogens with zero attached hydrogens (tertiary/aromatic N) is 1. The minimum atomic E-state index is -0.959. The van der Waals surface area contributed by atoms with Gasteiger partial charge >= 0.3 is 6.09 Å². The third kappa shape index (κ3) is 3.22. The van der Waals surface area contributed by atoms with Crippen LogP contribution in [0.1, 0.15) is 13.3 Å². The molecule has 1 rings (SSSR count). The van der Waals surface area contributed by atoms with Gasteiger partial charge in [-0.2, -0.15) is 0 Å². The average molecular weight is 259 g/mol. The fourth-order valence-electron chi connectivity index (χ4n) is 2.03. The Morgan fingerprint density at radius 1 is 1.50 bits per heavy atom. The summed E-state index contributed by atoms with van der Waals surface area (Å²) >= 11 is 0. The van der Waals surface area contributed by atoms with E-state index in [2.05, 4.69) is 6.58 Å². The van der Waals surface area contributed by atoms with E-state index < -0.39 is 18.0 Å². The quantitative estimate of drug-likeness (QED) is 0.595. The fourth-order valence-corrected chi connectivity index (χ4v) is 2.03. The summed E-state index contributed by atoms with van der Waals surface area (Å²) in [7, 11) is 3.08. The standard InChI is InChI=1S/C12H21NO5/c1-9(2)8-18-10-7-13(11(14)15)6-5-12(10,16-3)17-4/h10H,1,5-8H2,2-4H3,(H,14,15). The highest BCUT2D eigenvalue weighted by molar-refractivity contribution is 5.65. The Bertz CT molecular complexity index is 314. The van der Waals surface area contributed by atoms with Crippen LogP contribution < -0.4 is 0 Å². The van der Waals surface area contributed by atoms with Crippen molar-refractivity contribution in [3.63, 3.8) is 0 Å². The van der Waals surface area contributed by atoms with Gasteiger partial charge in [0.25, 0.3) is 0 Å². The predicted molar refractivity (Wildman–Crippen MR) is 65.5 cm³/mol. The van der Waals surface area contributed by atoms with Gasteiger partial charge in [-0.3, -0.25) is 0 Å². The minimum absolute atomic E-state index is 0.226. The molecule has 0 aliphatic carbocycles. The van der Waals surface area contributed by atoms with Crippen LogP contribution in [0, 0.1) is 0 Å². The van der Waals surface area contributed by atoms with Crippen molar-refractivity contribution in [2.24, 2.45) is 0 Å². The van der Waals surface area contributed by atoms with Crippen molar-refractivity contribution in [1.82, 2.24) is 4.90 Å². The number of piperidine rings is 1. The first-order valence-corrected chi connectivity index (χ1v) is 5.79. The molecule has 0 bridgehead atoms. The predicted octanol–water partition coefficient (Wildman–Crippen LogP) is 1.32. The summed E-state index contributed by atoms with van der Waals surface area (Å²) < 4.78 is 16.5. The van der Waals surface area contributed by atoms with E-state index >= 15 is 0 Å². The summed E-state index contributed by atoms with van der Waals surface area (Å²) in [6.45, 7) is 6.55. The smallest absolute Gasteiger partial charge is 0.407 e. The van der Waals surface area contributed by atoms with E-state index in [1.807, 2.05) is 6.92 Å². The second-order valence-electron chi connectivity index (χ2n) is 4.46. The third-order valence-corrected chi connectivity index (χ3v) is 3.10. The molecule has 1 fully saturated rings. The molecule has 0 aromatic heterocycles. The highest BCUT2D eigenvalue weighted by Crippen LogP contribution is 2.29. The molecule has 1 unspecified atom stereocenters. The van der Waals surface area contributed by atoms with Crippen molar-refractivity contribution in [2.45, 2.75) is 25.2 Å². The van der Waals surface area contributed by atoms with E-state index in [9.17, 15) is 4.79 Å². The Morgan fingerprint density at radius 2 is 2.11 bits per heavy atom.